The summed E-state index contributed by atoms with van der Waals surface area (Å²) < 4.78 is 25.3. The van der Waals surface area contributed by atoms with Gasteiger partial charge in [0, 0.05) is 5.56 Å². The van der Waals surface area contributed by atoms with Crippen LogP contribution in [0.4, 0.5) is 0 Å². The van der Waals surface area contributed by atoms with Crippen LogP contribution in [0, 0.1) is 0 Å². The van der Waals surface area contributed by atoms with Crippen LogP contribution in [0.5, 0.6) is 5.75 Å². The second-order valence-electron chi connectivity index (χ2n) is 6.16. The summed E-state index contributed by atoms with van der Waals surface area (Å²) in [6, 6.07) is 6.28. The third-order valence-electron chi connectivity index (χ3n) is 2.82. The molecule has 0 aliphatic rings. The van der Waals surface area contributed by atoms with Crippen molar-refractivity contribution >= 4 is 17.0 Å². The van der Waals surface area contributed by atoms with Crippen molar-refractivity contribution < 1.29 is 18.5 Å². The zero-order valence-corrected chi connectivity index (χ0v) is 14.8. The van der Waals surface area contributed by atoms with Crippen molar-refractivity contribution in [3.63, 3.8) is 0 Å². The SMILES string of the molecule is COc1ccccc1[C@@H](NS(=O)C(C)(C)C)C(=O)OC(C)C. The maximum Gasteiger partial charge on any atom is 0.329 e. The number of para-hydroxylation sites is 1. The van der Waals surface area contributed by atoms with E-state index in [1.807, 2.05) is 26.8 Å². The van der Waals surface area contributed by atoms with Gasteiger partial charge in [0.05, 0.1) is 28.9 Å². The van der Waals surface area contributed by atoms with Gasteiger partial charge in [-0.15, -0.1) is 0 Å². The van der Waals surface area contributed by atoms with Gasteiger partial charge in [-0.05, 0) is 40.7 Å². The van der Waals surface area contributed by atoms with Crippen molar-refractivity contribution in [2.45, 2.75) is 51.5 Å². The van der Waals surface area contributed by atoms with Crippen LogP contribution in [-0.2, 0) is 20.5 Å². The number of hydrogen-bond acceptors (Lipinski definition) is 4. The number of benzene rings is 1. The minimum absolute atomic E-state index is 0.255. The number of nitrogens with one attached hydrogen (secondary N) is 1. The molecule has 5 nitrogen and oxygen atoms in total. The summed E-state index contributed by atoms with van der Waals surface area (Å²) in [5, 5.41) is 0. The van der Waals surface area contributed by atoms with Gasteiger partial charge in [0.25, 0.3) is 0 Å². The molecule has 0 aliphatic carbocycles. The first-order valence-electron chi connectivity index (χ1n) is 7.18. The standard InChI is InChI=1S/C16H25NO4S/c1-11(2)21-15(18)14(17-22(19)16(3,4)5)12-9-7-8-10-13(12)20-6/h7-11,14,17H,1-6H3/t14-,22?/m1/s1. The molecule has 0 saturated heterocycles. The molecule has 2 atom stereocenters. The van der Waals surface area contributed by atoms with Crippen LogP contribution in [-0.4, -0.2) is 28.1 Å². The fourth-order valence-electron chi connectivity index (χ4n) is 1.73. The Hall–Kier alpha value is -1.40. The first-order chi connectivity index (χ1) is 10.2. The van der Waals surface area contributed by atoms with E-state index in [0.29, 0.717) is 11.3 Å². The Bertz CT molecular complexity index is 537. The maximum atomic E-state index is 12.4. The maximum absolute atomic E-state index is 12.4. The average molecular weight is 327 g/mol. The summed E-state index contributed by atoms with van der Waals surface area (Å²) in [6.45, 7) is 9.06. The Morgan fingerprint density at radius 2 is 1.82 bits per heavy atom. The molecule has 0 heterocycles. The smallest absolute Gasteiger partial charge is 0.329 e. The lowest BCUT2D eigenvalue weighted by Gasteiger charge is -2.25. The Labute approximate surface area is 135 Å². The monoisotopic (exact) mass is 327 g/mol. The fraction of sp³-hybridized carbons (Fsp3) is 0.562. The van der Waals surface area contributed by atoms with E-state index in [1.54, 1.807) is 32.0 Å². The number of carbonyl (C=O) groups excluding carboxylic acids is 1. The molecule has 0 aromatic heterocycles. The van der Waals surface area contributed by atoms with E-state index in [1.165, 1.54) is 7.11 Å². The van der Waals surface area contributed by atoms with E-state index >= 15 is 0 Å². The van der Waals surface area contributed by atoms with Crippen molar-refractivity contribution in [2.24, 2.45) is 0 Å². The number of methoxy groups -OCH3 is 1. The van der Waals surface area contributed by atoms with E-state index in [9.17, 15) is 9.00 Å². The predicted octanol–water partition coefficient (Wildman–Crippen LogP) is 2.74. The summed E-state index contributed by atoms with van der Waals surface area (Å²) >= 11 is 0. The average Bonchev–Trinajstić information content (AvgIpc) is 2.42. The Balaban J connectivity index is 3.16. The summed E-state index contributed by atoms with van der Waals surface area (Å²) in [5.74, 6) is 0.0729. The molecule has 0 radical (unpaired) electrons. The van der Waals surface area contributed by atoms with Crippen LogP contribution in [0.15, 0.2) is 24.3 Å². The third-order valence-corrected chi connectivity index (χ3v) is 4.38. The van der Waals surface area contributed by atoms with Crippen molar-refractivity contribution in [2.75, 3.05) is 7.11 Å². The highest BCUT2D eigenvalue weighted by atomic mass is 32.2. The van der Waals surface area contributed by atoms with E-state index in [0.717, 1.165) is 0 Å². The second-order valence-corrected chi connectivity index (χ2v) is 8.16. The molecule has 6 heteroatoms. The third kappa shape index (κ3) is 5.10. The zero-order chi connectivity index (χ0) is 16.9. The Morgan fingerprint density at radius 1 is 1.23 bits per heavy atom. The molecule has 1 N–H and O–H groups in total. The Kier molecular flexibility index (Phi) is 6.56. The molecule has 1 aromatic carbocycles. The van der Waals surface area contributed by atoms with Gasteiger partial charge in [-0.3, -0.25) is 0 Å². The van der Waals surface area contributed by atoms with Crippen molar-refractivity contribution in [3.05, 3.63) is 29.8 Å². The fourth-order valence-corrected chi connectivity index (χ4v) is 2.52. The second kappa shape index (κ2) is 7.74. The highest BCUT2D eigenvalue weighted by Gasteiger charge is 2.31. The summed E-state index contributed by atoms with van der Waals surface area (Å²) in [7, 11) is 0.112. The van der Waals surface area contributed by atoms with Gasteiger partial charge in [0.1, 0.15) is 11.8 Å². The molecule has 0 saturated carbocycles. The van der Waals surface area contributed by atoms with Gasteiger partial charge < -0.3 is 9.47 Å². The largest absolute Gasteiger partial charge is 0.496 e. The molecule has 0 fully saturated rings. The van der Waals surface area contributed by atoms with E-state index in [2.05, 4.69) is 4.72 Å². The number of rotatable bonds is 6. The van der Waals surface area contributed by atoms with Crippen molar-refractivity contribution in [3.8, 4) is 5.75 Å². The highest BCUT2D eigenvalue weighted by molar-refractivity contribution is 7.84. The summed E-state index contributed by atoms with van der Waals surface area (Å²) in [5.41, 5.74) is 0.605. The predicted molar refractivity (Wildman–Crippen MR) is 88.0 cm³/mol. The molecule has 124 valence electrons. The first-order valence-corrected chi connectivity index (χ1v) is 8.33. The van der Waals surface area contributed by atoms with Gasteiger partial charge in [-0.1, -0.05) is 18.2 Å². The molecular weight excluding hydrogens is 302 g/mol. The zero-order valence-electron chi connectivity index (χ0n) is 14.0. The molecule has 0 bridgehead atoms. The van der Waals surface area contributed by atoms with Gasteiger partial charge in [-0.25, -0.2) is 13.7 Å². The van der Waals surface area contributed by atoms with Gasteiger partial charge in [0.15, 0.2) is 0 Å². The van der Waals surface area contributed by atoms with Crippen LogP contribution < -0.4 is 9.46 Å². The summed E-state index contributed by atoms with van der Waals surface area (Å²) in [4.78, 5) is 12.4. The van der Waals surface area contributed by atoms with Crippen LogP contribution in [0.2, 0.25) is 0 Å². The van der Waals surface area contributed by atoms with Crippen LogP contribution >= 0.6 is 0 Å². The van der Waals surface area contributed by atoms with E-state index < -0.39 is 27.7 Å². The lowest BCUT2D eigenvalue weighted by atomic mass is 10.1. The number of ether oxygens (including phenoxy) is 2. The minimum Gasteiger partial charge on any atom is -0.496 e. The van der Waals surface area contributed by atoms with Crippen molar-refractivity contribution in [1.29, 1.82) is 0 Å². The Morgan fingerprint density at radius 3 is 2.32 bits per heavy atom. The van der Waals surface area contributed by atoms with Crippen LogP contribution in [0.25, 0.3) is 0 Å². The van der Waals surface area contributed by atoms with Crippen LogP contribution in [0.1, 0.15) is 46.2 Å². The quantitative estimate of drug-likeness (QED) is 0.816. The molecule has 0 spiro atoms. The first kappa shape index (κ1) is 18.6. The molecule has 1 aromatic rings. The van der Waals surface area contributed by atoms with Gasteiger partial charge >= 0.3 is 5.97 Å². The normalized spacial score (nSPS) is 14.5. The molecule has 0 amide bonds. The number of hydrogen-bond donors (Lipinski definition) is 1. The van der Waals surface area contributed by atoms with E-state index in [-0.39, 0.29) is 6.10 Å². The molecular formula is C16H25NO4S. The van der Waals surface area contributed by atoms with E-state index in [4.69, 9.17) is 9.47 Å². The number of esters is 1. The minimum atomic E-state index is -1.42. The lowest BCUT2D eigenvalue weighted by Crippen LogP contribution is -2.40. The molecule has 0 aliphatic heterocycles. The van der Waals surface area contributed by atoms with Gasteiger partial charge in [-0.2, -0.15) is 0 Å². The highest BCUT2D eigenvalue weighted by Crippen LogP contribution is 2.27. The molecule has 1 unspecified atom stereocenters. The van der Waals surface area contributed by atoms with Crippen molar-refractivity contribution in [1.82, 2.24) is 4.72 Å². The van der Waals surface area contributed by atoms with Crippen LogP contribution in [0.3, 0.4) is 0 Å². The lowest BCUT2D eigenvalue weighted by molar-refractivity contribution is -0.149. The summed E-state index contributed by atoms with van der Waals surface area (Å²) in [6.07, 6.45) is -0.255. The number of carbonyl (C=O) groups is 1. The topological polar surface area (TPSA) is 64.6 Å². The van der Waals surface area contributed by atoms with Gasteiger partial charge in [0.2, 0.25) is 0 Å². The molecule has 22 heavy (non-hydrogen) atoms. The molecule has 1 rings (SSSR count).